The van der Waals surface area contributed by atoms with Gasteiger partial charge in [0.1, 0.15) is 0 Å². The first kappa shape index (κ1) is 18.7. The van der Waals surface area contributed by atoms with Crippen LogP contribution in [0.5, 0.6) is 11.5 Å². The first-order valence-corrected chi connectivity index (χ1v) is 8.10. The quantitative estimate of drug-likeness (QED) is 0.332. The number of aromatic carboxylic acids is 1. The highest BCUT2D eigenvalue weighted by atomic mass is 79.9. The fourth-order valence-electron chi connectivity index (χ4n) is 1.90. The summed E-state index contributed by atoms with van der Waals surface area (Å²) in [5.41, 5.74) is 3.67. The largest absolute Gasteiger partial charge is 0.504 e. The van der Waals surface area contributed by atoms with Crippen molar-refractivity contribution in [1.82, 2.24) is 5.43 Å². The van der Waals surface area contributed by atoms with Gasteiger partial charge in [0.2, 0.25) is 0 Å². The van der Waals surface area contributed by atoms with Crippen molar-refractivity contribution in [2.45, 2.75) is 0 Å². The van der Waals surface area contributed by atoms with Gasteiger partial charge in [-0.2, -0.15) is 5.10 Å². The Bertz CT molecular complexity index is 842. The third kappa shape index (κ3) is 5.16. The van der Waals surface area contributed by atoms with E-state index in [9.17, 15) is 9.90 Å². The Morgan fingerprint density at radius 3 is 2.80 bits per heavy atom. The minimum Gasteiger partial charge on any atom is -0.504 e. The van der Waals surface area contributed by atoms with Crippen LogP contribution in [0.3, 0.4) is 0 Å². The lowest BCUT2D eigenvalue weighted by atomic mass is 10.2. The second-order valence-corrected chi connectivity index (χ2v) is 6.08. The fourth-order valence-corrected chi connectivity index (χ4v) is 2.52. The van der Waals surface area contributed by atoms with Crippen molar-refractivity contribution in [2.75, 3.05) is 12.4 Å². The fraction of sp³-hybridized carbons (Fsp3) is 0.0625. The standard InChI is InChI=1S/C16H14BrN3O4S/c1-24-13-7-11(17)5-10(14(13)21)8-18-20-16(25)19-12-4-2-3-9(6-12)15(22)23/h2-8,21H,1H3,(H,22,23)(H2,19,20,25)/b18-8-. The van der Waals surface area contributed by atoms with E-state index in [1.54, 1.807) is 24.3 Å². The minimum atomic E-state index is -1.03. The van der Waals surface area contributed by atoms with Crippen LogP contribution in [-0.4, -0.2) is 34.6 Å². The van der Waals surface area contributed by atoms with Gasteiger partial charge in [0.25, 0.3) is 0 Å². The van der Waals surface area contributed by atoms with E-state index in [0.29, 0.717) is 17.0 Å². The molecule has 0 bridgehead atoms. The van der Waals surface area contributed by atoms with Crippen LogP contribution in [0.25, 0.3) is 0 Å². The van der Waals surface area contributed by atoms with Crippen LogP contribution in [0.1, 0.15) is 15.9 Å². The Balaban J connectivity index is 2.03. The summed E-state index contributed by atoms with van der Waals surface area (Å²) < 4.78 is 5.77. The van der Waals surface area contributed by atoms with Gasteiger partial charge < -0.3 is 20.3 Å². The molecule has 0 unspecified atom stereocenters. The summed E-state index contributed by atoms with van der Waals surface area (Å²) in [4.78, 5) is 10.9. The SMILES string of the molecule is COc1cc(Br)cc(/C=N\NC(=S)Nc2cccc(C(=O)O)c2)c1O. The summed E-state index contributed by atoms with van der Waals surface area (Å²) >= 11 is 8.40. The van der Waals surface area contributed by atoms with E-state index in [1.165, 1.54) is 25.5 Å². The number of aromatic hydroxyl groups is 1. The number of anilines is 1. The number of phenols is 1. The van der Waals surface area contributed by atoms with Gasteiger partial charge in [-0.05, 0) is 42.5 Å². The molecule has 25 heavy (non-hydrogen) atoms. The summed E-state index contributed by atoms with van der Waals surface area (Å²) in [6, 6.07) is 9.49. The van der Waals surface area contributed by atoms with E-state index in [-0.39, 0.29) is 16.4 Å². The molecule has 2 rings (SSSR count). The van der Waals surface area contributed by atoms with E-state index < -0.39 is 5.97 Å². The van der Waals surface area contributed by atoms with Crippen LogP contribution in [0.15, 0.2) is 46.0 Å². The van der Waals surface area contributed by atoms with Crippen LogP contribution < -0.4 is 15.5 Å². The van der Waals surface area contributed by atoms with Crippen molar-refractivity contribution in [1.29, 1.82) is 0 Å². The lowest BCUT2D eigenvalue weighted by molar-refractivity contribution is 0.0697. The van der Waals surface area contributed by atoms with E-state index in [0.717, 1.165) is 4.47 Å². The molecule has 0 fully saturated rings. The van der Waals surface area contributed by atoms with E-state index in [2.05, 4.69) is 31.8 Å². The highest BCUT2D eigenvalue weighted by Crippen LogP contribution is 2.32. The molecular formula is C16H14BrN3O4S. The minimum absolute atomic E-state index is 0.0516. The number of methoxy groups -OCH3 is 1. The summed E-state index contributed by atoms with van der Waals surface area (Å²) in [7, 11) is 1.45. The molecule has 9 heteroatoms. The molecule has 7 nitrogen and oxygen atoms in total. The second kappa shape index (κ2) is 8.45. The highest BCUT2D eigenvalue weighted by Gasteiger charge is 2.08. The van der Waals surface area contributed by atoms with Gasteiger partial charge in [-0.25, -0.2) is 4.79 Å². The number of nitrogens with one attached hydrogen (secondary N) is 2. The number of benzene rings is 2. The van der Waals surface area contributed by atoms with Crippen LogP contribution >= 0.6 is 28.1 Å². The van der Waals surface area contributed by atoms with Crippen molar-refractivity contribution in [3.63, 3.8) is 0 Å². The summed E-state index contributed by atoms with van der Waals surface area (Å²) in [6.07, 6.45) is 1.38. The van der Waals surface area contributed by atoms with E-state index >= 15 is 0 Å². The number of ether oxygens (including phenoxy) is 1. The molecular weight excluding hydrogens is 410 g/mol. The Morgan fingerprint density at radius 2 is 2.12 bits per heavy atom. The van der Waals surface area contributed by atoms with Crippen molar-refractivity contribution in [2.24, 2.45) is 5.10 Å². The molecule has 0 radical (unpaired) electrons. The number of hydrazone groups is 1. The maximum Gasteiger partial charge on any atom is 0.335 e. The summed E-state index contributed by atoms with van der Waals surface area (Å²) in [5.74, 6) is -0.772. The van der Waals surface area contributed by atoms with E-state index in [4.69, 9.17) is 22.1 Å². The average Bonchev–Trinajstić information content (AvgIpc) is 2.57. The Morgan fingerprint density at radius 1 is 1.36 bits per heavy atom. The Hall–Kier alpha value is -2.65. The number of rotatable bonds is 5. The zero-order chi connectivity index (χ0) is 18.4. The molecule has 2 aromatic carbocycles. The summed E-state index contributed by atoms with van der Waals surface area (Å²) in [6.45, 7) is 0. The normalized spacial score (nSPS) is 10.5. The van der Waals surface area contributed by atoms with Crippen LogP contribution in [0.2, 0.25) is 0 Å². The monoisotopic (exact) mass is 423 g/mol. The number of nitrogens with zero attached hydrogens (tertiary/aromatic N) is 1. The number of hydrogen-bond acceptors (Lipinski definition) is 5. The van der Waals surface area contributed by atoms with Gasteiger partial charge in [0, 0.05) is 15.7 Å². The molecule has 0 spiro atoms. The van der Waals surface area contributed by atoms with Crippen molar-refractivity contribution < 1.29 is 19.7 Å². The van der Waals surface area contributed by atoms with Crippen LogP contribution in [0.4, 0.5) is 5.69 Å². The predicted molar refractivity (Wildman–Crippen MR) is 103 cm³/mol. The molecule has 130 valence electrons. The molecule has 0 atom stereocenters. The zero-order valence-electron chi connectivity index (χ0n) is 13.0. The third-order valence-corrected chi connectivity index (χ3v) is 3.68. The smallest absolute Gasteiger partial charge is 0.335 e. The Labute approximate surface area is 157 Å². The number of carboxylic acid groups (broad SMARTS) is 1. The predicted octanol–water partition coefficient (Wildman–Crippen LogP) is 3.18. The van der Waals surface area contributed by atoms with Gasteiger partial charge in [0.15, 0.2) is 16.6 Å². The number of halogens is 1. The zero-order valence-corrected chi connectivity index (χ0v) is 15.4. The lowest BCUT2D eigenvalue weighted by Crippen LogP contribution is -2.24. The molecule has 0 aliphatic heterocycles. The van der Waals surface area contributed by atoms with Crippen LogP contribution in [0, 0.1) is 0 Å². The molecule has 0 saturated carbocycles. The Kier molecular flexibility index (Phi) is 6.31. The number of hydrogen-bond donors (Lipinski definition) is 4. The summed E-state index contributed by atoms with van der Waals surface area (Å²) in [5, 5.41) is 25.9. The molecule has 0 heterocycles. The molecule has 0 aliphatic carbocycles. The molecule has 0 aliphatic rings. The average molecular weight is 424 g/mol. The van der Waals surface area contributed by atoms with Gasteiger partial charge in [-0.15, -0.1) is 0 Å². The highest BCUT2D eigenvalue weighted by molar-refractivity contribution is 9.10. The molecule has 0 aromatic heterocycles. The second-order valence-electron chi connectivity index (χ2n) is 4.76. The van der Waals surface area contributed by atoms with Crippen molar-refractivity contribution >= 4 is 51.1 Å². The first-order valence-electron chi connectivity index (χ1n) is 6.90. The van der Waals surface area contributed by atoms with Crippen LogP contribution in [-0.2, 0) is 0 Å². The van der Waals surface area contributed by atoms with Crippen molar-refractivity contribution in [3.8, 4) is 11.5 Å². The van der Waals surface area contributed by atoms with Gasteiger partial charge >= 0.3 is 5.97 Å². The van der Waals surface area contributed by atoms with E-state index in [1.807, 2.05) is 0 Å². The van der Waals surface area contributed by atoms with Gasteiger partial charge in [-0.3, -0.25) is 5.43 Å². The number of thiocarbonyl (C=S) groups is 1. The number of carbonyl (C=O) groups is 1. The number of carboxylic acids is 1. The molecule has 4 N–H and O–H groups in total. The topological polar surface area (TPSA) is 103 Å². The molecule has 2 aromatic rings. The molecule has 0 saturated heterocycles. The third-order valence-electron chi connectivity index (χ3n) is 3.03. The maximum atomic E-state index is 10.9. The lowest BCUT2D eigenvalue weighted by Gasteiger charge is -2.08. The number of phenolic OH excluding ortho intramolecular Hbond substituents is 1. The first-order chi connectivity index (χ1) is 11.9. The van der Waals surface area contributed by atoms with Gasteiger partial charge in [-0.1, -0.05) is 22.0 Å². The van der Waals surface area contributed by atoms with Crippen molar-refractivity contribution in [3.05, 3.63) is 52.0 Å². The molecule has 0 amide bonds. The maximum absolute atomic E-state index is 10.9. The van der Waals surface area contributed by atoms with Gasteiger partial charge in [0.05, 0.1) is 18.9 Å².